The number of nitrogens with one attached hydrogen (secondary N) is 1. The van der Waals surface area contributed by atoms with Crippen LogP contribution in [-0.2, 0) is 6.54 Å². The first-order chi connectivity index (χ1) is 9.54. The molecule has 0 aliphatic rings. The summed E-state index contributed by atoms with van der Waals surface area (Å²) in [6, 6.07) is 2.89. The second-order valence-corrected chi connectivity index (χ2v) is 5.24. The number of aromatic nitrogens is 4. The van der Waals surface area contributed by atoms with Crippen molar-refractivity contribution in [2.45, 2.75) is 13.5 Å². The van der Waals surface area contributed by atoms with Gasteiger partial charge in [0.1, 0.15) is 5.82 Å². The van der Waals surface area contributed by atoms with Gasteiger partial charge in [-0.05, 0) is 25.2 Å². The molecule has 3 rings (SSSR count). The van der Waals surface area contributed by atoms with Crippen molar-refractivity contribution in [3.05, 3.63) is 51.5 Å². The number of imidazole rings is 1. The zero-order chi connectivity index (χ0) is 14.3. The van der Waals surface area contributed by atoms with Crippen LogP contribution >= 0.6 is 23.8 Å². The predicted molar refractivity (Wildman–Crippen MR) is 78.0 cm³/mol. The summed E-state index contributed by atoms with van der Waals surface area (Å²) >= 11 is 11.0. The summed E-state index contributed by atoms with van der Waals surface area (Å²) in [5.74, 6) is -0.475. The molecule has 0 saturated heterocycles. The summed E-state index contributed by atoms with van der Waals surface area (Å²) in [5.41, 5.74) is 2.94. The maximum Gasteiger partial charge on any atom is 0.178 e. The van der Waals surface area contributed by atoms with Crippen LogP contribution in [0.25, 0.3) is 11.0 Å². The maximum absolute atomic E-state index is 13.6. The van der Waals surface area contributed by atoms with E-state index in [1.807, 2.05) is 6.92 Å². The van der Waals surface area contributed by atoms with E-state index in [2.05, 4.69) is 15.0 Å². The fraction of sp³-hybridized carbons (Fsp3) is 0.154. The van der Waals surface area contributed by atoms with Gasteiger partial charge in [-0.1, -0.05) is 11.6 Å². The molecule has 1 N–H and O–H groups in total. The van der Waals surface area contributed by atoms with Crippen molar-refractivity contribution in [1.82, 2.24) is 19.5 Å². The van der Waals surface area contributed by atoms with E-state index >= 15 is 0 Å². The zero-order valence-electron chi connectivity index (χ0n) is 10.5. The monoisotopic (exact) mass is 308 g/mol. The van der Waals surface area contributed by atoms with Crippen LogP contribution in [0.1, 0.15) is 11.4 Å². The average molecular weight is 309 g/mol. The van der Waals surface area contributed by atoms with Crippen LogP contribution in [0, 0.1) is 17.5 Å². The van der Waals surface area contributed by atoms with Gasteiger partial charge in [0.25, 0.3) is 0 Å². The smallest absolute Gasteiger partial charge is 0.178 e. The first kappa shape index (κ1) is 13.2. The van der Waals surface area contributed by atoms with Crippen molar-refractivity contribution in [3.63, 3.8) is 0 Å². The third kappa shape index (κ3) is 2.32. The van der Waals surface area contributed by atoms with E-state index in [0.717, 1.165) is 11.4 Å². The Hall–Kier alpha value is -1.79. The number of hydrogen-bond donors (Lipinski definition) is 1. The standard InChI is InChI=1S/C13H10ClFN4S/c1-7-4-17-8(5-16-7)6-19-12-3-10(15)9(14)2-11(12)18-13(19)20/h2-5H,6H2,1H3,(H,18,20). The van der Waals surface area contributed by atoms with Gasteiger partial charge in [0.05, 0.1) is 40.2 Å². The molecule has 0 aliphatic heterocycles. The molecule has 4 nitrogen and oxygen atoms in total. The Kier molecular flexibility index (Phi) is 3.27. The number of halogens is 2. The first-order valence-electron chi connectivity index (χ1n) is 5.89. The molecule has 0 unspecified atom stereocenters. The van der Waals surface area contributed by atoms with E-state index in [1.54, 1.807) is 17.0 Å². The Labute approximate surface area is 124 Å². The summed E-state index contributed by atoms with van der Waals surface area (Å²) in [7, 11) is 0. The molecule has 7 heteroatoms. The number of hydrogen-bond acceptors (Lipinski definition) is 3. The third-order valence-corrected chi connectivity index (χ3v) is 3.58. The molecular weight excluding hydrogens is 299 g/mol. The quantitative estimate of drug-likeness (QED) is 0.735. The minimum atomic E-state index is -0.475. The number of rotatable bonds is 2. The number of nitrogens with zero attached hydrogens (tertiary/aromatic N) is 3. The largest absolute Gasteiger partial charge is 0.331 e. The van der Waals surface area contributed by atoms with E-state index in [0.29, 0.717) is 22.3 Å². The SMILES string of the molecule is Cc1cnc(Cn2c(=S)[nH]c3cc(Cl)c(F)cc32)cn1. The zero-order valence-corrected chi connectivity index (χ0v) is 12.1. The molecule has 0 saturated carbocycles. The van der Waals surface area contributed by atoms with Gasteiger partial charge >= 0.3 is 0 Å². The number of aryl methyl sites for hydroxylation is 1. The summed E-state index contributed by atoms with van der Waals surface area (Å²) in [5, 5.41) is 0.0658. The van der Waals surface area contributed by atoms with Crippen molar-refractivity contribution in [3.8, 4) is 0 Å². The van der Waals surface area contributed by atoms with Crippen LogP contribution in [0.15, 0.2) is 24.5 Å². The highest BCUT2D eigenvalue weighted by molar-refractivity contribution is 7.71. The van der Waals surface area contributed by atoms with E-state index < -0.39 is 5.82 Å². The van der Waals surface area contributed by atoms with Crippen LogP contribution in [0.3, 0.4) is 0 Å². The summed E-state index contributed by atoms with van der Waals surface area (Å²) in [4.78, 5) is 11.5. The molecule has 0 fully saturated rings. The molecule has 0 aliphatic carbocycles. The molecule has 1 aromatic carbocycles. The van der Waals surface area contributed by atoms with Gasteiger partial charge in [-0.2, -0.15) is 0 Å². The lowest BCUT2D eigenvalue weighted by Crippen LogP contribution is -2.03. The number of fused-ring (bicyclic) bond motifs is 1. The number of benzene rings is 1. The highest BCUT2D eigenvalue weighted by Gasteiger charge is 2.10. The van der Waals surface area contributed by atoms with E-state index in [9.17, 15) is 4.39 Å². The van der Waals surface area contributed by atoms with Crippen LogP contribution < -0.4 is 0 Å². The average Bonchev–Trinajstić information content (AvgIpc) is 2.69. The molecule has 0 atom stereocenters. The van der Waals surface area contributed by atoms with E-state index in [1.165, 1.54) is 12.1 Å². The minimum absolute atomic E-state index is 0.0658. The van der Waals surface area contributed by atoms with E-state index in [4.69, 9.17) is 23.8 Å². The lowest BCUT2D eigenvalue weighted by atomic mass is 10.3. The van der Waals surface area contributed by atoms with Crippen molar-refractivity contribution in [2.24, 2.45) is 0 Å². The Morgan fingerprint density at radius 2 is 2.15 bits per heavy atom. The molecule has 102 valence electrons. The lowest BCUT2D eigenvalue weighted by molar-refractivity contribution is 0.628. The van der Waals surface area contributed by atoms with Gasteiger partial charge in [-0.3, -0.25) is 9.97 Å². The van der Waals surface area contributed by atoms with Crippen LogP contribution in [0.4, 0.5) is 4.39 Å². The molecule has 2 aromatic heterocycles. The molecule has 0 bridgehead atoms. The summed E-state index contributed by atoms with van der Waals surface area (Å²) in [6.45, 7) is 2.29. The van der Waals surface area contributed by atoms with Crippen LogP contribution in [-0.4, -0.2) is 19.5 Å². The summed E-state index contributed by atoms with van der Waals surface area (Å²) in [6.07, 6.45) is 3.37. The molecule has 2 heterocycles. The number of aromatic amines is 1. The predicted octanol–water partition coefficient (Wildman–Crippen LogP) is 3.64. The van der Waals surface area contributed by atoms with Gasteiger partial charge in [0.15, 0.2) is 4.77 Å². The normalized spacial score (nSPS) is 11.2. The Bertz CT molecular complexity index is 838. The van der Waals surface area contributed by atoms with Crippen molar-refractivity contribution in [1.29, 1.82) is 0 Å². The highest BCUT2D eigenvalue weighted by Crippen LogP contribution is 2.23. The number of H-pyrrole nitrogens is 1. The van der Waals surface area contributed by atoms with Gasteiger partial charge in [-0.25, -0.2) is 4.39 Å². The minimum Gasteiger partial charge on any atom is -0.331 e. The maximum atomic E-state index is 13.6. The van der Waals surface area contributed by atoms with E-state index in [-0.39, 0.29) is 5.02 Å². The van der Waals surface area contributed by atoms with Crippen LogP contribution in [0.2, 0.25) is 5.02 Å². The van der Waals surface area contributed by atoms with Gasteiger partial charge in [0, 0.05) is 12.3 Å². The molecule has 0 spiro atoms. The lowest BCUT2D eigenvalue weighted by Gasteiger charge is -2.04. The summed E-state index contributed by atoms with van der Waals surface area (Å²) < 4.78 is 15.9. The van der Waals surface area contributed by atoms with Crippen molar-refractivity contribution in [2.75, 3.05) is 0 Å². The first-order valence-corrected chi connectivity index (χ1v) is 6.68. The fourth-order valence-electron chi connectivity index (χ4n) is 1.97. The fourth-order valence-corrected chi connectivity index (χ4v) is 2.41. The van der Waals surface area contributed by atoms with Gasteiger partial charge in [-0.15, -0.1) is 0 Å². The molecule has 0 amide bonds. The Balaban J connectivity index is 2.11. The molecular formula is C13H10ClFN4S. The van der Waals surface area contributed by atoms with Crippen molar-refractivity contribution >= 4 is 34.9 Å². The Morgan fingerprint density at radius 1 is 1.35 bits per heavy atom. The van der Waals surface area contributed by atoms with Gasteiger partial charge in [0.2, 0.25) is 0 Å². The highest BCUT2D eigenvalue weighted by atomic mass is 35.5. The Morgan fingerprint density at radius 3 is 2.85 bits per heavy atom. The second kappa shape index (κ2) is 4.96. The van der Waals surface area contributed by atoms with Crippen LogP contribution in [0.5, 0.6) is 0 Å². The molecule has 3 aromatic rings. The molecule has 0 radical (unpaired) electrons. The third-order valence-electron chi connectivity index (χ3n) is 2.97. The topological polar surface area (TPSA) is 46.5 Å². The molecule has 20 heavy (non-hydrogen) atoms. The second-order valence-electron chi connectivity index (χ2n) is 4.45. The van der Waals surface area contributed by atoms with Crippen molar-refractivity contribution < 1.29 is 4.39 Å². The van der Waals surface area contributed by atoms with Gasteiger partial charge < -0.3 is 9.55 Å².